The minimum atomic E-state index is -0.257. The SMILES string of the molecule is COC(=O)C(CC(C)C)NC(c1ccccc1)C(C)C. The van der Waals surface area contributed by atoms with Crippen LogP contribution in [0, 0.1) is 11.8 Å². The first-order valence-electron chi connectivity index (χ1n) is 7.34. The van der Waals surface area contributed by atoms with E-state index in [1.54, 1.807) is 0 Å². The van der Waals surface area contributed by atoms with Crippen molar-refractivity contribution in [3.63, 3.8) is 0 Å². The Morgan fingerprint density at radius 2 is 1.75 bits per heavy atom. The number of carbonyl (C=O) groups excluding carboxylic acids is 1. The number of benzene rings is 1. The number of methoxy groups -OCH3 is 1. The van der Waals surface area contributed by atoms with Gasteiger partial charge >= 0.3 is 5.97 Å². The molecule has 1 rings (SSSR count). The van der Waals surface area contributed by atoms with Gasteiger partial charge in [-0.3, -0.25) is 10.1 Å². The minimum Gasteiger partial charge on any atom is -0.468 e. The van der Waals surface area contributed by atoms with Crippen LogP contribution in [0.25, 0.3) is 0 Å². The van der Waals surface area contributed by atoms with Crippen LogP contribution in [0.1, 0.15) is 45.7 Å². The normalized spacial score (nSPS) is 14.3. The van der Waals surface area contributed by atoms with Crippen molar-refractivity contribution in [2.24, 2.45) is 11.8 Å². The van der Waals surface area contributed by atoms with E-state index < -0.39 is 0 Å². The first-order valence-corrected chi connectivity index (χ1v) is 7.34. The highest BCUT2D eigenvalue weighted by Gasteiger charge is 2.26. The fourth-order valence-electron chi connectivity index (χ4n) is 2.40. The van der Waals surface area contributed by atoms with Crippen molar-refractivity contribution in [2.75, 3.05) is 7.11 Å². The van der Waals surface area contributed by atoms with Crippen molar-refractivity contribution in [3.8, 4) is 0 Å². The maximum absolute atomic E-state index is 12.0. The molecule has 0 heterocycles. The van der Waals surface area contributed by atoms with Gasteiger partial charge in [-0.15, -0.1) is 0 Å². The molecule has 0 saturated heterocycles. The Labute approximate surface area is 122 Å². The average Bonchev–Trinajstić information content (AvgIpc) is 2.42. The Kier molecular flexibility index (Phi) is 6.73. The lowest BCUT2D eigenvalue weighted by atomic mass is 9.93. The van der Waals surface area contributed by atoms with Crippen LogP contribution in [0.15, 0.2) is 30.3 Å². The molecule has 1 aromatic carbocycles. The molecule has 0 aliphatic heterocycles. The van der Waals surface area contributed by atoms with Crippen LogP contribution >= 0.6 is 0 Å². The molecule has 1 aromatic rings. The van der Waals surface area contributed by atoms with E-state index in [9.17, 15) is 4.79 Å². The van der Waals surface area contributed by atoms with Gasteiger partial charge in [-0.2, -0.15) is 0 Å². The molecule has 20 heavy (non-hydrogen) atoms. The lowest BCUT2D eigenvalue weighted by molar-refractivity contribution is -0.143. The summed E-state index contributed by atoms with van der Waals surface area (Å²) in [6.45, 7) is 8.55. The second kappa shape index (κ2) is 8.05. The minimum absolute atomic E-state index is 0.152. The van der Waals surface area contributed by atoms with Gasteiger partial charge in [-0.1, -0.05) is 58.0 Å². The number of rotatable bonds is 7. The number of hydrogen-bond acceptors (Lipinski definition) is 3. The fraction of sp³-hybridized carbons (Fsp3) is 0.588. The highest BCUT2D eigenvalue weighted by molar-refractivity contribution is 5.75. The molecule has 1 N–H and O–H groups in total. The molecule has 2 unspecified atom stereocenters. The third-order valence-corrected chi connectivity index (χ3v) is 3.40. The van der Waals surface area contributed by atoms with Crippen LogP contribution in [0.5, 0.6) is 0 Å². The van der Waals surface area contributed by atoms with E-state index in [0.29, 0.717) is 11.8 Å². The predicted molar refractivity (Wildman–Crippen MR) is 82.4 cm³/mol. The van der Waals surface area contributed by atoms with Gasteiger partial charge in [-0.25, -0.2) is 0 Å². The van der Waals surface area contributed by atoms with Gasteiger partial charge in [0.15, 0.2) is 0 Å². The van der Waals surface area contributed by atoms with Crippen LogP contribution < -0.4 is 5.32 Å². The largest absolute Gasteiger partial charge is 0.468 e. The van der Waals surface area contributed by atoms with E-state index >= 15 is 0 Å². The average molecular weight is 277 g/mol. The summed E-state index contributed by atoms with van der Waals surface area (Å²) in [6.07, 6.45) is 0.780. The second-order valence-electron chi connectivity index (χ2n) is 6.00. The van der Waals surface area contributed by atoms with Crippen LogP contribution in [0.3, 0.4) is 0 Å². The Morgan fingerprint density at radius 3 is 2.20 bits per heavy atom. The first kappa shape index (κ1) is 16.7. The molecular formula is C17H27NO2. The van der Waals surface area contributed by atoms with Crippen molar-refractivity contribution < 1.29 is 9.53 Å². The van der Waals surface area contributed by atoms with Crippen molar-refractivity contribution >= 4 is 5.97 Å². The maximum atomic E-state index is 12.0. The molecule has 0 bridgehead atoms. The summed E-state index contributed by atoms with van der Waals surface area (Å²) in [4.78, 5) is 12.0. The van der Waals surface area contributed by atoms with E-state index in [2.05, 4.69) is 45.1 Å². The van der Waals surface area contributed by atoms with Gasteiger partial charge in [0.25, 0.3) is 0 Å². The number of ether oxygens (including phenoxy) is 1. The molecule has 0 saturated carbocycles. The van der Waals surface area contributed by atoms with Crippen molar-refractivity contribution in [3.05, 3.63) is 35.9 Å². The van der Waals surface area contributed by atoms with Crippen LogP contribution in [-0.2, 0) is 9.53 Å². The third kappa shape index (κ3) is 4.97. The Hall–Kier alpha value is -1.35. The van der Waals surface area contributed by atoms with E-state index in [0.717, 1.165) is 6.42 Å². The van der Waals surface area contributed by atoms with Gasteiger partial charge < -0.3 is 4.74 Å². The summed E-state index contributed by atoms with van der Waals surface area (Å²) in [7, 11) is 1.45. The van der Waals surface area contributed by atoms with Gasteiger partial charge in [0.05, 0.1) is 7.11 Å². The number of carbonyl (C=O) groups is 1. The number of esters is 1. The summed E-state index contributed by atoms with van der Waals surface area (Å²) < 4.78 is 4.93. The zero-order chi connectivity index (χ0) is 15.1. The molecule has 0 fully saturated rings. The maximum Gasteiger partial charge on any atom is 0.322 e. The van der Waals surface area contributed by atoms with Crippen molar-refractivity contribution in [2.45, 2.75) is 46.2 Å². The molecular weight excluding hydrogens is 250 g/mol. The number of nitrogens with one attached hydrogen (secondary N) is 1. The van der Waals surface area contributed by atoms with Crippen molar-refractivity contribution in [1.82, 2.24) is 5.32 Å². The smallest absolute Gasteiger partial charge is 0.322 e. The summed E-state index contributed by atoms with van der Waals surface area (Å²) >= 11 is 0. The van der Waals surface area contributed by atoms with Gasteiger partial charge in [-0.05, 0) is 23.8 Å². The lowest BCUT2D eigenvalue weighted by Crippen LogP contribution is -2.42. The highest BCUT2D eigenvalue weighted by Crippen LogP contribution is 2.23. The number of hydrogen-bond donors (Lipinski definition) is 1. The van der Waals surface area contributed by atoms with E-state index in [-0.39, 0.29) is 18.1 Å². The molecule has 0 spiro atoms. The quantitative estimate of drug-likeness (QED) is 0.774. The summed E-state index contributed by atoms with van der Waals surface area (Å²) in [5.41, 5.74) is 1.21. The van der Waals surface area contributed by atoms with Crippen LogP contribution in [-0.4, -0.2) is 19.1 Å². The molecule has 0 amide bonds. The molecule has 0 aliphatic carbocycles. The third-order valence-electron chi connectivity index (χ3n) is 3.40. The summed E-state index contributed by atoms with van der Waals surface area (Å²) in [5, 5.41) is 3.48. The molecule has 0 aromatic heterocycles. The summed E-state index contributed by atoms with van der Waals surface area (Å²) in [6, 6.07) is 10.2. The standard InChI is InChI=1S/C17H27NO2/c1-12(2)11-15(17(19)20-5)18-16(13(3)4)14-9-7-6-8-10-14/h6-10,12-13,15-16,18H,11H2,1-5H3. The Balaban J connectivity index is 2.89. The van der Waals surface area contributed by atoms with Crippen LogP contribution in [0.2, 0.25) is 0 Å². The van der Waals surface area contributed by atoms with E-state index in [4.69, 9.17) is 4.74 Å². The zero-order valence-electron chi connectivity index (χ0n) is 13.2. The lowest BCUT2D eigenvalue weighted by Gasteiger charge is -2.28. The van der Waals surface area contributed by atoms with E-state index in [1.807, 2.05) is 18.2 Å². The van der Waals surface area contributed by atoms with Gasteiger partial charge in [0.1, 0.15) is 6.04 Å². The Morgan fingerprint density at radius 1 is 1.15 bits per heavy atom. The second-order valence-corrected chi connectivity index (χ2v) is 6.00. The molecule has 0 aliphatic rings. The fourth-order valence-corrected chi connectivity index (χ4v) is 2.40. The molecule has 0 radical (unpaired) electrons. The van der Waals surface area contributed by atoms with Crippen LogP contribution in [0.4, 0.5) is 0 Å². The topological polar surface area (TPSA) is 38.3 Å². The molecule has 112 valence electrons. The first-order chi connectivity index (χ1) is 9.45. The highest BCUT2D eigenvalue weighted by atomic mass is 16.5. The van der Waals surface area contributed by atoms with Gasteiger partial charge in [0.2, 0.25) is 0 Å². The zero-order valence-corrected chi connectivity index (χ0v) is 13.2. The summed E-state index contributed by atoms with van der Waals surface area (Å²) in [5.74, 6) is 0.659. The molecule has 2 atom stereocenters. The van der Waals surface area contributed by atoms with Gasteiger partial charge in [0, 0.05) is 6.04 Å². The molecule has 3 heteroatoms. The Bertz CT molecular complexity index is 401. The predicted octanol–water partition coefficient (Wildman–Crippen LogP) is 3.56. The molecule has 3 nitrogen and oxygen atoms in total. The van der Waals surface area contributed by atoms with Crippen molar-refractivity contribution in [1.29, 1.82) is 0 Å². The monoisotopic (exact) mass is 277 g/mol. The van der Waals surface area contributed by atoms with E-state index in [1.165, 1.54) is 12.7 Å².